The Kier molecular flexibility index (Phi) is 3.15. The highest BCUT2D eigenvalue weighted by Crippen LogP contribution is 2.31. The van der Waals surface area contributed by atoms with E-state index in [0.717, 1.165) is 11.8 Å². The standard InChI is InChI=1S/C13H14O4/c1-3-16-13-10(7-14)12(15)9-6-8(2)4-5-11(9)17-13/h4-7,13-14H,3H2,1-2H3/b10-7+. The summed E-state index contributed by atoms with van der Waals surface area (Å²) in [5.41, 5.74) is 1.55. The molecule has 0 spiro atoms. The average molecular weight is 234 g/mol. The molecule has 0 bridgehead atoms. The topological polar surface area (TPSA) is 55.8 Å². The second kappa shape index (κ2) is 4.59. The van der Waals surface area contributed by atoms with Crippen LogP contribution in [0.5, 0.6) is 5.75 Å². The van der Waals surface area contributed by atoms with Gasteiger partial charge in [-0.1, -0.05) is 11.6 Å². The summed E-state index contributed by atoms with van der Waals surface area (Å²) in [6.45, 7) is 4.09. The predicted molar refractivity (Wildman–Crippen MR) is 62.3 cm³/mol. The maximum Gasteiger partial charge on any atom is 0.233 e. The van der Waals surface area contributed by atoms with E-state index < -0.39 is 6.29 Å². The van der Waals surface area contributed by atoms with Gasteiger partial charge in [-0.05, 0) is 26.0 Å². The quantitative estimate of drug-likeness (QED) is 0.630. The van der Waals surface area contributed by atoms with Gasteiger partial charge >= 0.3 is 0 Å². The van der Waals surface area contributed by atoms with Crippen LogP contribution in [-0.2, 0) is 4.74 Å². The van der Waals surface area contributed by atoms with Gasteiger partial charge in [-0.25, -0.2) is 0 Å². The van der Waals surface area contributed by atoms with Gasteiger partial charge in [0, 0.05) is 6.61 Å². The third-order valence-electron chi connectivity index (χ3n) is 2.59. The molecule has 1 aromatic rings. The number of ketones is 1. The van der Waals surface area contributed by atoms with E-state index in [-0.39, 0.29) is 11.4 Å². The average Bonchev–Trinajstić information content (AvgIpc) is 2.31. The molecule has 4 heteroatoms. The number of carbonyl (C=O) groups excluding carboxylic acids is 1. The first-order chi connectivity index (χ1) is 8.17. The Morgan fingerprint density at radius 1 is 1.53 bits per heavy atom. The molecule has 1 heterocycles. The first-order valence-corrected chi connectivity index (χ1v) is 5.45. The van der Waals surface area contributed by atoms with Crippen LogP contribution in [0.2, 0.25) is 0 Å². The summed E-state index contributed by atoms with van der Waals surface area (Å²) in [6, 6.07) is 5.34. The highest BCUT2D eigenvalue weighted by Gasteiger charge is 2.32. The Labute approximate surface area is 99.5 Å². The van der Waals surface area contributed by atoms with Gasteiger partial charge in [-0.15, -0.1) is 0 Å². The number of carbonyl (C=O) groups is 1. The number of aliphatic hydroxyl groups excluding tert-OH is 1. The Bertz CT molecular complexity index is 476. The van der Waals surface area contributed by atoms with Crippen LogP contribution in [0.3, 0.4) is 0 Å². The molecular formula is C13H14O4. The molecule has 0 aliphatic carbocycles. The van der Waals surface area contributed by atoms with Crippen molar-refractivity contribution >= 4 is 5.78 Å². The molecule has 0 saturated heterocycles. The van der Waals surface area contributed by atoms with Gasteiger partial charge in [-0.2, -0.15) is 0 Å². The number of ether oxygens (including phenoxy) is 2. The third kappa shape index (κ3) is 2.03. The van der Waals surface area contributed by atoms with Crippen molar-refractivity contribution in [2.75, 3.05) is 6.61 Å². The second-order valence-electron chi connectivity index (χ2n) is 3.82. The maximum atomic E-state index is 12.1. The predicted octanol–water partition coefficient (Wildman–Crippen LogP) is 2.37. The minimum Gasteiger partial charge on any atom is -0.515 e. The molecule has 1 aliphatic rings. The minimum atomic E-state index is -0.826. The fraction of sp³-hybridized carbons (Fsp3) is 0.308. The van der Waals surface area contributed by atoms with Gasteiger partial charge in [0.25, 0.3) is 0 Å². The lowest BCUT2D eigenvalue weighted by Crippen LogP contribution is -2.32. The van der Waals surface area contributed by atoms with E-state index in [1.54, 1.807) is 19.1 Å². The van der Waals surface area contributed by atoms with Crippen LogP contribution < -0.4 is 4.74 Å². The monoisotopic (exact) mass is 234 g/mol. The molecule has 0 saturated carbocycles. The number of Topliss-reactive ketones (excluding diaryl/α,β-unsaturated/α-hetero) is 1. The van der Waals surface area contributed by atoms with Gasteiger partial charge in [-0.3, -0.25) is 4.79 Å². The fourth-order valence-corrected chi connectivity index (χ4v) is 1.76. The Balaban J connectivity index is 2.45. The number of fused-ring (bicyclic) bond motifs is 1. The molecule has 1 aliphatic heterocycles. The number of aryl methyl sites for hydroxylation is 1. The zero-order valence-electron chi connectivity index (χ0n) is 9.77. The van der Waals surface area contributed by atoms with Crippen molar-refractivity contribution in [3.05, 3.63) is 41.2 Å². The molecule has 1 unspecified atom stereocenters. The summed E-state index contributed by atoms with van der Waals surface area (Å²) >= 11 is 0. The lowest BCUT2D eigenvalue weighted by molar-refractivity contribution is -0.0521. The van der Waals surface area contributed by atoms with Crippen molar-refractivity contribution in [2.24, 2.45) is 0 Å². The molecule has 0 aromatic heterocycles. The van der Waals surface area contributed by atoms with Crippen molar-refractivity contribution in [1.29, 1.82) is 0 Å². The number of hydrogen-bond donors (Lipinski definition) is 1. The van der Waals surface area contributed by atoms with E-state index >= 15 is 0 Å². The largest absolute Gasteiger partial charge is 0.515 e. The molecule has 1 N–H and O–H groups in total. The number of benzene rings is 1. The smallest absolute Gasteiger partial charge is 0.233 e. The van der Waals surface area contributed by atoms with E-state index in [1.165, 1.54) is 0 Å². The minimum absolute atomic E-state index is 0.130. The van der Waals surface area contributed by atoms with Crippen LogP contribution in [0.4, 0.5) is 0 Å². The molecule has 4 nitrogen and oxygen atoms in total. The maximum absolute atomic E-state index is 12.1. The SMILES string of the molecule is CCOC1Oc2ccc(C)cc2C(=O)/C1=C\O. The van der Waals surface area contributed by atoms with Gasteiger partial charge < -0.3 is 14.6 Å². The molecule has 90 valence electrons. The van der Waals surface area contributed by atoms with Crippen LogP contribution in [0, 0.1) is 6.92 Å². The van der Waals surface area contributed by atoms with Gasteiger partial charge in [0.2, 0.25) is 12.1 Å². The van der Waals surface area contributed by atoms with Crippen molar-refractivity contribution < 1.29 is 19.4 Å². The van der Waals surface area contributed by atoms with Gasteiger partial charge in [0.05, 0.1) is 11.8 Å². The molecule has 1 atom stereocenters. The Morgan fingerprint density at radius 2 is 2.29 bits per heavy atom. The van der Waals surface area contributed by atoms with Crippen LogP contribution in [0.15, 0.2) is 30.0 Å². The van der Waals surface area contributed by atoms with E-state index in [4.69, 9.17) is 14.6 Å². The molecule has 0 amide bonds. The van der Waals surface area contributed by atoms with E-state index in [0.29, 0.717) is 17.9 Å². The van der Waals surface area contributed by atoms with Gasteiger partial charge in [0.1, 0.15) is 11.3 Å². The zero-order valence-corrected chi connectivity index (χ0v) is 9.77. The van der Waals surface area contributed by atoms with E-state index in [2.05, 4.69) is 0 Å². The summed E-state index contributed by atoms with van der Waals surface area (Å²) in [4.78, 5) is 12.1. The number of hydrogen-bond acceptors (Lipinski definition) is 4. The van der Waals surface area contributed by atoms with Crippen molar-refractivity contribution in [1.82, 2.24) is 0 Å². The zero-order chi connectivity index (χ0) is 12.4. The highest BCUT2D eigenvalue weighted by molar-refractivity contribution is 6.11. The summed E-state index contributed by atoms with van der Waals surface area (Å²) in [5, 5.41) is 9.11. The fourth-order valence-electron chi connectivity index (χ4n) is 1.76. The lowest BCUT2D eigenvalue weighted by atomic mass is 9.98. The highest BCUT2D eigenvalue weighted by atomic mass is 16.7. The number of rotatable bonds is 2. The van der Waals surface area contributed by atoms with Crippen molar-refractivity contribution in [2.45, 2.75) is 20.1 Å². The van der Waals surface area contributed by atoms with Crippen LogP contribution in [-0.4, -0.2) is 23.8 Å². The van der Waals surface area contributed by atoms with E-state index in [9.17, 15) is 4.79 Å². The van der Waals surface area contributed by atoms with Crippen LogP contribution in [0.25, 0.3) is 0 Å². The summed E-state index contributed by atoms with van der Waals surface area (Å²) < 4.78 is 10.8. The molecule has 1 aromatic carbocycles. The normalized spacial score (nSPS) is 21.2. The Hall–Kier alpha value is -1.81. The summed E-state index contributed by atoms with van der Waals surface area (Å²) in [5.74, 6) is 0.237. The number of aliphatic hydroxyl groups is 1. The lowest BCUT2D eigenvalue weighted by Gasteiger charge is -2.26. The van der Waals surface area contributed by atoms with Gasteiger partial charge in [0.15, 0.2) is 0 Å². The van der Waals surface area contributed by atoms with Crippen LogP contribution in [0.1, 0.15) is 22.8 Å². The summed E-state index contributed by atoms with van der Waals surface area (Å²) in [7, 11) is 0. The second-order valence-corrected chi connectivity index (χ2v) is 3.82. The first kappa shape index (κ1) is 11.7. The molecule has 0 fully saturated rings. The molecule has 2 rings (SSSR count). The third-order valence-corrected chi connectivity index (χ3v) is 2.59. The molecular weight excluding hydrogens is 220 g/mol. The first-order valence-electron chi connectivity index (χ1n) is 5.45. The van der Waals surface area contributed by atoms with Crippen molar-refractivity contribution in [3.63, 3.8) is 0 Å². The Morgan fingerprint density at radius 3 is 2.94 bits per heavy atom. The molecule has 0 radical (unpaired) electrons. The van der Waals surface area contributed by atoms with Crippen molar-refractivity contribution in [3.8, 4) is 5.75 Å². The molecule has 17 heavy (non-hydrogen) atoms. The van der Waals surface area contributed by atoms with Crippen LogP contribution >= 0.6 is 0 Å². The van der Waals surface area contributed by atoms with E-state index in [1.807, 2.05) is 13.0 Å². The summed E-state index contributed by atoms with van der Waals surface area (Å²) in [6.07, 6.45) is -0.0683.